The van der Waals surface area contributed by atoms with E-state index in [4.69, 9.17) is 5.40 Å². The number of aryl methyl sites for hydroxylation is 2. The predicted octanol–water partition coefficient (Wildman–Crippen LogP) is 3.43. The van der Waals surface area contributed by atoms with Crippen LogP contribution in [0.25, 0.3) is 6.08 Å². The number of alkyl halides is 3. The van der Waals surface area contributed by atoms with Gasteiger partial charge in [0.1, 0.15) is 5.75 Å². The number of nitrogens with one attached hydrogen (secondary N) is 1. The van der Waals surface area contributed by atoms with Crippen molar-refractivity contribution in [3.8, 4) is 5.75 Å². The minimum absolute atomic E-state index is 0.206. The van der Waals surface area contributed by atoms with E-state index in [2.05, 4.69) is 5.32 Å². The Morgan fingerprint density at radius 3 is 2.46 bits per heavy atom. The molecule has 0 saturated heterocycles. The smallest absolute Gasteiger partial charge is 0.416 e. The van der Waals surface area contributed by atoms with E-state index in [9.17, 15) is 23.1 Å². The number of phenolic OH excluding ortho intramolecular Hbond substituents is 1. The Morgan fingerprint density at radius 2 is 1.86 bits per heavy atom. The van der Waals surface area contributed by atoms with Gasteiger partial charge in [-0.3, -0.25) is 4.79 Å². The highest BCUT2D eigenvalue weighted by Crippen LogP contribution is 2.29. The van der Waals surface area contributed by atoms with Gasteiger partial charge in [-0.2, -0.15) is 13.2 Å². The molecule has 2 rings (SSSR count). The Morgan fingerprint density at radius 1 is 1.21 bits per heavy atom. The molecular weight excluding hydrogens is 385 g/mol. The molecule has 0 aliphatic rings. The van der Waals surface area contributed by atoms with Gasteiger partial charge in [0.05, 0.1) is 5.56 Å². The second kappa shape index (κ2) is 9.07. The summed E-state index contributed by atoms with van der Waals surface area (Å²) in [5.41, 5.74) is 2.48. The number of carbonyl (C=O) groups excluding carboxylic acids is 1. The first kappa shape index (κ1) is 21.7. The second-order valence-corrected chi connectivity index (χ2v) is 8.59. The van der Waals surface area contributed by atoms with Gasteiger partial charge in [0.15, 0.2) is 8.96 Å². The van der Waals surface area contributed by atoms with Crippen LogP contribution < -0.4 is 10.7 Å². The lowest BCUT2D eigenvalue weighted by atomic mass is 10.0. The molecule has 1 amide bonds. The number of benzene rings is 2. The van der Waals surface area contributed by atoms with Crippen molar-refractivity contribution in [1.29, 1.82) is 0 Å². The summed E-state index contributed by atoms with van der Waals surface area (Å²) in [6.45, 7) is 3.79. The van der Waals surface area contributed by atoms with Crippen molar-refractivity contribution in [3.63, 3.8) is 0 Å². The van der Waals surface area contributed by atoms with Crippen molar-refractivity contribution < 1.29 is 23.1 Å². The van der Waals surface area contributed by atoms with E-state index in [0.29, 0.717) is 17.8 Å². The van der Waals surface area contributed by atoms with Crippen LogP contribution in [0.3, 0.4) is 0 Å². The van der Waals surface area contributed by atoms with Gasteiger partial charge < -0.3 is 15.8 Å². The number of phenols is 1. The van der Waals surface area contributed by atoms with E-state index in [1.54, 1.807) is 12.1 Å². The number of nitrogens with two attached hydrogens (primary N) is 1. The summed E-state index contributed by atoms with van der Waals surface area (Å²) in [5, 5.41) is 18.5. The van der Waals surface area contributed by atoms with E-state index in [0.717, 1.165) is 28.8 Å². The lowest BCUT2D eigenvalue weighted by Crippen LogP contribution is -2.42. The van der Waals surface area contributed by atoms with Gasteiger partial charge >= 0.3 is 6.18 Å². The molecule has 0 heterocycles. The number of amides is 1. The number of halogens is 3. The standard InChI is InChI=1S/C20H22F3N2O2Si/c1-13-8-17(26)9-14(2)18(13)11-28(24)12-25-19(27)7-6-15-4-3-5-16(10-15)20(21,22)23/h3-10,26H,11-12,24H2,1-2H3,(H,25,27)/b7-6+. The molecule has 1 radical (unpaired) electrons. The average Bonchev–Trinajstić information content (AvgIpc) is 2.60. The molecule has 0 aliphatic heterocycles. The number of hydrogen-bond donors (Lipinski definition) is 3. The Balaban J connectivity index is 1.91. The fourth-order valence-electron chi connectivity index (χ4n) is 2.79. The molecule has 2 aromatic rings. The third kappa shape index (κ3) is 6.24. The summed E-state index contributed by atoms with van der Waals surface area (Å²) in [5.74, 6) is -0.206. The average molecular weight is 407 g/mol. The van der Waals surface area contributed by atoms with Crippen molar-refractivity contribution in [2.75, 3.05) is 6.17 Å². The van der Waals surface area contributed by atoms with E-state index in [1.807, 2.05) is 13.8 Å². The number of carbonyl (C=O) groups is 1. The zero-order valence-electron chi connectivity index (χ0n) is 15.6. The Kier molecular flexibility index (Phi) is 7.04. The van der Waals surface area contributed by atoms with Gasteiger partial charge in [-0.15, -0.1) is 0 Å². The maximum atomic E-state index is 12.7. The summed E-state index contributed by atoms with van der Waals surface area (Å²) in [7, 11) is -1.40. The topological polar surface area (TPSA) is 75.3 Å². The Labute approximate surface area is 163 Å². The largest absolute Gasteiger partial charge is 0.508 e. The van der Waals surface area contributed by atoms with Crippen LogP contribution in [0.15, 0.2) is 42.5 Å². The molecule has 0 saturated carbocycles. The minimum Gasteiger partial charge on any atom is -0.508 e. The number of rotatable bonds is 6. The summed E-state index contributed by atoms with van der Waals surface area (Å²) in [4.78, 5) is 11.9. The molecule has 4 N–H and O–H groups in total. The first-order valence-electron chi connectivity index (χ1n) is 8.58. The zero-order valence-corrected chi connectivity index (χ0v) is 16.6. The molecule has 2 aromatic carbocycles. The van der Waals surface area contributed by atoms with E-state index >= 15 is 0 Å². The molecule has 0 unspecified atom stereocenters. The van der Waals surface area contributed by atoms with Gasteiger partial charge in [-0.25, -0.2) is 0 Å². The van der Waals surface area contributed by atoms with Gasteiger partial charge in [0, 0.05) is 12.2 Å². The zero-order chi connectivity index (χ0) is 20.9. The maximum absolute atomic E-state index is 12.7. The first-order valence-corrected chi connectivity index (χ1v) is 10.6. The van der Waals surface area contributed by atoms with E-state index < -0.39 is 26.6 Å². The highest BCUT2D eigenvalue weighted by Gasteiger charge is 2.30. The maximum Gasteiger partial charge on any atom is 0.416 e. The van der Waals surface area contributed by atoms with Gasteiger partial charge in [0.2, 0.25) is 5.91 Å². The van der Waals surface area contributed by atoms with Crippen LogP contribution in [-0.4, -0.2) is 26.1 Å². The van der Waals surface area contributed by atoms with Crippen molar-refractivity contribution in [1.82, 2.24) is 5.32 Å². The highest BCUT2D eigenvalue weighted by atomic mass is 28.3. The molecule has 149 valence electrons. The summed E-state index contributed by atoms with van der Waals surface area (Å²) in [6, 6.07) is 8.73. The Hall–Kier alpha value is -2.58. The molecule has 0 aromatic heterocycles. The first-order chi connectivity index (χ1) is 13.1. The fourth-order valence-corrected chi connectivity index (χ4v) is 4.33. The quantitative estimate of drug-likeness (QED) is 0.507. The molecule has 4 nitrogen and oxygen atoms in total. The molecule has 0 fully saturated rings. The summed E-state index contributed by atoms with van der Waals surface area (Å²) >= 11 is 0. The van der Waals surface area contributed by atoms with E-state index in [1.165, 1.54) is 24.3 Å². The summed E-state index contributed by atoms with van der Waals surface area (Å²) in [6.07, 6.45) is -1.58. The molecule has 0 atom stereocenters. The lowest BCUT2D eigenvalue weighted by Gasteiger charge is -2.14. The van der Waals surface area contributed by atoms with Crippen LogP contribution in [-0.2, 0) is 17.0 Å². The third-order valence-corrected chi connectivity index (χ3v) is 5.65. The third-order valence-electron chi connectivity index (χ3n) is 4.22. The van der Waals surface area contributed by atoms with Crippen LogP contribution in [0.2, 0.25) is 0 Å². The van der Waals surface area contributed by atoms with Crippen molar-refractivity contribution in [2.45, 2.75) is 26.1 Å². The number of hydrogen-bond acceptors (Lipinski definition) is 3. The molecule has 8 heteroatoms. The second-order valence-electron chi connectivity index (χ2n) is 6.57. The molecule has 0 bridgehead atoms. The Bertz CT molecular complexity index is 859. The van der Waals surface area contributed by atoms with Crippen molar-refractivity contribution in [2.24, 2.45) is 5.40 Å². The number of aromatic hydroxyl groups is 1. The van der Waals surface area contributed by atoms with Crippen LogP contribution in [0.5, 0.6) is 5.75 Å². The van der Waals surface area contributed by atoms with Crippen molar-refractivity contribution >= 4 is 20.9 Å². The highest BCUT2D eigenvalue weighted by molar-refractivity contribution is 6.55. The normalized spacial score (nSPS) is 12.0. The SMILES string of the molecule is Cc1cc(O)cc(C)c1C[Si](N)CNC(=O)/C=C/c1cccc(C(F)(F)F)c1. The monoisotopic (exact) mass is 407 g/mol. The molecule has 28 heavy (non-hydrogen) atoms. The van der Waals surface area contributed by atoms with E-state index in [-0.39, 0.29) is 5.75 Å². The predicted molar refractivity (Wildman–Crippen MR) is 105 cm³/mol. The van der Waals surface area contributed by atoms with Crippen LogP contribution in [0.1, 0.15) is 27.8 Å². The van der Waals surface area contributed by atoms with Crippen molar-refractivity contribution in [3.05, 3.63) is 70.3 Å². The van der Waals surface area contributed by atoms with Gasteiger partial charge in [0.25, 0.3) is 0 Å². The van der Waals surface area contributed by atoms with Gasteiger partial charge in [-0.1, -0.05) is 12.1 Å². The molecular formula is C20H22F3N2O2Si. The van der Waals surface area contributed by atoms with Gasteiger partial charge in [-0.05, 0) is 72.5 Å². The van der Waals surface area contributed by atoms with Crippen LogP contribution in [0.4, 0.5) is 13.2 Å². The summed E-state index contributed by atoms with van der Waals surface area (Å²) < 4.78 is 38.1. The van der Waals surface area contributed by atoms with Crippen LogP contribution in [0, 0.1) is 13.8 Å². The lowest BCUT2D eigenvalue weighted by molar-refractivity contribution is -0.137. The fraction of sp³-hybridized carbons (Fsp3) is 0.250. The molecule has 0 spiro atoms. The molecule has 0 aliphatic carbocycles. The van der Waals surface area contributed by atoms with Crippen LogP contribution >= 0.6 is 0 Å². The minimum atomic E-state index is -4.42.